The van der Waals surface area contributed by atoms with Crippen molar-refractivity contribution in [1.29, 1.82) is 0 Å². The molecule has 21 heavy (non-hydrogen) atoms. The fourth-order valence-corrected chi connectivity index (χ4v) is 3.98. The fourth-order valence-electron chi connectivity index (χ4n) is 3.98. The van der Waals surface area contributed by atoms with Gasteiger partial charge in [-0.3, -0.25) is 9.48 Å². The Labute approximate surface area is 126 Å². The van der Waals surface area contributed by atoms with Crippen LogP contribution in [0.1, 0.15) is 44.6 Å². The van der Waals surface area contributed by atoms with E-state index in [0.29, 0.717) is 12.0 Å². The maximum absolute atomic E-state index is 12.6. The predicted octanol–water partition coefficient (Wildman–Crippen LogP) is 2.86. The molecule has 0 N–H and O–H groups in total. The smallest absolute Gasteiger partial charge is 0.246 e. The van der Waals surface area contributed by atoms with Crippen LogP contribution in [-0.2, 0) is 11.8 Å². The molecule has 0 spiro atoms. The van der Waals surface area contributed by atoms with Crippen LogP contribution >= 0.6 is 0 Å². The maximum atomic E-state index is 12.6. The van der Waals surface area contributed by atoms with E-state index in [2.05, 4.69) is 16.9 Å². The number of aromatic nitrogens is 2. The van der Waals surface area contributed by atoms with Crippen LogP contribution in [0, 0.1) is 11.8 Å². The molecule has 1 amide bonds. The average Bonchev–Trinajstić information content (AvgIpc) is 2.91. The highest BCUT2D eigenvalue weighted by Gasteiger charge is 2.38. The van der Waals surface area contributed by atoms with Gasteiger partial charge in [-0.1, -0.05) is 19.8 Å². The topological polar surface area (TPSA) is 38.1 Å². The van der Waals surface area contributed by atoms with Crippen LogP contribution in [0.3, 0.4) is 0 Å². The minimum Gasteiger partial charge on any atom is -0.336 e. The van der Waals surface area contributed by atoms with Gasteiger partial charge in [-0.15, -0.1) is 0 Å². The lowest BCUT2D eigenvalue weighted by molar-refractivity contribution is -0.133. The van der Waals surface area contributed by atoms with E-state index in [-0.39, 0.29) is 5.91 Å². The number of hydrogen-bond donors (Lipinski definition) is 0. The second kappa shape index (κ2) is 6.04. The number of amides is 1. The van der Waals surface area contributed by atoms with Gasteiger partial charge in [-0.25, -0.2) is 0 Å². The second-order valence-corrected chi connectivity index (χ2v) is 6.59. The van der Waals surface area contributed by atoms with E-state index in [1.807, 2.05) is 19.3 Å². The average molecular weight is 287 g/mol. The Hall–Kier alpha value is -1.58. The van der Waals surface area contributed by atoms with Gasteiger partial charge in [0.25, 0.3) is 0 Å². The third kappa shape index (κ3) is 3.04. The van der Waals surface area contributed by atoms with E-state index in [4.69, 9.17) is 0 Å². The number of piperidine rings is 1. The summed E-state index contributed by atoms with van der Waals surface area (Å²) in [7, 11) is 1.89. The molecule has 3 unspecified atom stereocenters. The zero-order chi connectivity index (χ0) is 14.8. The molecule has 1 saturated heterocycles. The molecule has 3 atom stereocenters. The van der Waals surface area contributed by atoms with Crippen LogP contribution in [0.15, 0.2) is 18.5 Å². The molecule has 1 aromatic heterocycles. The van der Waals surface area contributed by atoms with Crippen LogP contribution in [0.2, 0.25) is 0 Å². The lowest BCUT2D eigenvalue weighted by Crippen LogP contribution is -2.51. The van der Waals surface area contributed by atoms with Gasteiger partial charge in [0.05, 0.1) is 6.20 Å². The zero-order valence-corrected chi connectivity index (χ0v) is 13.0. The van der Waals surface area contributed by atoms with Crippen molar-refractivity contribution in [2.75, 3.05) is 6.54 Å². The highest BCUT2D eigenvalue weighted by molar-refractivity contribution is 5.92. The van der Waals surface area contributed by atoms with Gasteiger partial charge >= 0.3 is 0 Å². The fraction of sp³-hybridized carbons (Fsp3) is 0.647. The third-order valence-electron chi connectivity index (χ3n) is 5.16. The summed E-state index contributed by atoms with van der Waals surface area (Å²) in [5.41, 5.74) is 0.983. The number of fused-ring (bicyclic) bond motifs is 1. The highest BCUT2D eigenvalue weighted by Crippen LogP contribution is 2.38. The molecule has 0 aromatic carbocycles. The first-order chi connectivity index (χ1) is 10.1. The molecule has 1 aliphatic heterocycles. The SMILES string of the molecule is CC1CCN(C(=O)C=Cc2cnn(C)c2)C2CCCCC12. The summed E-state index contributed by atoms with van der Waals surface area (Å²) in [5, 5.41) is 4.12. The first-order valence-corrected chi connectivity index (χ1v) is 8.12. The number of carbonyl (C=O) groups excluding carboxylic acids is 1. The molecule has 3 rings (SSSR count). The Bertz CT molecular complexity index is 534. The van der Waals surface area contributed by atoms with Gasteiger partial charge < -0.3 is 4.90 Å². The number of nitrogens with zero attached hydrogens (tertiary/aromatic N) is 3. The lowest BCUT2D eigenvalue weighted by atomic mass is 9.72. The zero-order valence-electron chi connectivity index (χ0n) is 13.0. The number of aryl methyl sites for hydroxylation is 1. The molecule has 114 valence electrons. The molecular weight excluding hydrogens is 262 g/mol. The van der Waals surface area contributed by atoms with Gasteiger partial charge in [0.15, 0.2) is 0 Å². The van der Waals surface area contributed by atoms with Crippen LogP contribution < -0.4 is 0 Å². The van der Waals surface area contributed by atoms with Gasteiger partial charge in [0.2, 0.25) is 5.91 Å². The van der Waals surface area contributed by atoms with Crippen molar-refractivity contribution >= 4 is 12.0 Å². The first-order valence-electron chi connectivity index (χ1n) is 8.12. The molecule has 4 nitrogen and oxygen atoms in total. The molecule has 2 heterocycles. The number of carbonyl (C=O) groups is 1. The molecular formula is C17H25N3O. The molecule has 2 fully saturated rings. The monoisotopic (exact) mass is 287 g/mol. The number of likely N-dealkylation sites (tertiary alicyclic amines) is 1. The molecule has 1 saturated carbocycles. The van der Waals surface area contributed by atoms with Crippen LogP contribution in [-0.4, -0.2) is 33.2 Å². The summed E-state index contributed by atoms with van der Waals surface area (Å²) in [6.45, 7) is 3.27. The van der Waals surface area contributed by atoms with Crippen molar-refractivity contribution in [3.63, 3.8) is 0 Å². The summed E-state index contributed by atoms with van der Waals surface area (Å²) >= 11 is 0. The van der Waals surface area contributed by atoms with Crippen LogP contribution in [0.25, 0.3) is 6.08 Å². The summed E-state index contributed by atoms with van der Waals surface area (Å²) in [6.07, 6.45) is 13.5. The highest BCUT2D eigenvalue weighted by atomic mass is 16.2. The van der Waals surface area contributed by atoms with Crippen molar-refractivity contribution in [2.45, 2.75) is 45.1 Å². The minimum absolute atomic E-state index is 0.169. The number of rotatable bonds is 2. The summed E-state index contributed by atoms with van der Waals surface area (Å²) in [4.78, 5) is 14.7. The molecule has 1 aliphatic carbocycles. The van der Waals surface area contributed by atoms with E-state index in [1.54, 1.807) is 17.0 Å². The third-order valence-corrected chi connectivity index (χ3v) is 5.16. The summed E-state index contributed by atoms with van der Waals surface area (Å²) in [6, 6.07) is 0.466. The summed E-state index contributed by atoms with van der Waals surface area (Å²) < 4.78 is 1.75. The van der Waals surface area contributed by atoms with Gasteiger partial charge in [-0.05, 0) is 37.2 Å². The molecule has 1 aromatic rings. The van der Waals surface area contributed by atoms with Crippen LogP contribution in [0.5, 0.6) is 0 Å². The van der Waals surface area contributed by atoms with E-state index >= 15 is 0 Å². The van der Waals surface area contributed by atoms with Crippen molar-refractivity contribution in [3.8, 4) is 0 Å². The van der Waals surface area contributed by atoms with E-state index < -0.39 is 0 Å². The van der Waals surface area contributed by atoms with Gasteiger partial charge in [0, 0.05) is 37.5 Å². The lowest BCUT2D eigenvalue weighted by Gasteiger charge is -2.47. The summed E-state index contributed by atoms with van der Waals surface area (Å²) in [5.74, 6) is 1.65. The van der Waals surface area contributed by atoms with Crippen molar-refractivity contribution in [3.05, 3.63) is 24.0 Å². The van der Waals surface area contributed by atoms with Gasteiger partial charge in [0.1, 0.15) is 0 Å². The predicted molar refractivity (Wildman–Crippen MR) is 83.5 cm³/mol. The molecule has 4 heteroatoms. The van der Waals surface area contributed by atoms with E-state index in [9.17, 15) is 4.79 Å². The Balaban J connectivity index is 1.70. The second-order valence-electron chi connectivity index (χ2n) is 6.59. The van der Waals surface area contributed by atoms with Crippen LogP contribution in [0.4, 0.5) is 0 Å². The normalized spacial score (nSPS) is 29.6. The Morgan fingerprint density at radius 1 is 1.33 bits per heavy atom. The Morgan fingerprint density at radius 2 is 2.14 bits per heavy atom. The maximum Gasteiger partial charge on any atom is 0.246 e. The van der Waals surface area contributed by atoms with E-state index in [0.717, 1.165) is 24.4 Å². The molecule has 2 aliphatic rings. The van der Waals surface area contributed by atoms with Crippen molar-refractivity contribution in [2.24, 2.45) is 18.9 Å². The minimum atomic E-state index is 0.169. The quantitative estimate of drug-likeness (QED) is 0.784. The molecule has 0 bridgehead atoms. The Morgan fingerprint density at radius 3 is 2.90 bits per heavy atom. The van der Waals surface area contributed by atoms with Crippen molar-refractivity contribution < 1.29 is 4.79 Å². The first kappa shape index (κ1) is 14.4. The molecule has 0 radical (unpaired) electrons. The van der Waals surface area contributed by atoms with E-state index in [1.165, 1.54) is 25.7 Å². The largest absolute Gasteiger partial charge is 0.336 e. The van der Waals surface area contributed by atoms with Gasteiger partial charge in [-0.2, -0.15) is 5.10 Å². The number of hydrogen-bond acceptors (Lipinski definition) is 2. The Kier molecular flexibility index (Phi) is 4.13. The van der Waals surface area contributed by atoms with Crippen molar-refractivity contribution in [1.82, 2.24) is 14.7 Å². The standard InChI is InChI=1S/C17H25N3O/c1-13-9-10-20(16-6-4-3-5-15(13)16)17(21)8-7-14-11-18-19(2)12-14/h7-8,11-13,15-16H,3-6,9-10H2,1-2H3.